The van der Waals surface area contributed by atoms with Gasteiger partial charge in [0.15, 0.2) is 0 Å². The molecule has 23 heavy (non-hydrogen) atoms. The van der Waals surface area contributed by atoms with E-state index in [0.717, 1.165) is 5.56 Å². The Morgan fingerprint density at radius 1 is 0.913 bits per heavy atom. The molecule has 1 fully saturated rings. The summed E-state index contributed by atoms with van der Waals surface area (Å²) >= 11 is 5.94. The Bertz CT molecular complexity index is 752. The van der Waals surface area contributed by atoms with Crippen LogP contribution in [0.4, 0.5) is 0 Å². The number of carbonyl (C=O) groups is 2. The summed E-state index contributed by atoms with van der Waals surface area (Å²) in [6.45, 7) is 0.846. The first-order valence-electron chi connectivity index (χ1n) is 7.47. The molecule has 2 aliphatic rings. The fourth-order valence-corrected chi connectivity index (χ4v) is 3.46. The zero-order valence-electron chi connectivity index (χ0n) is 12.2. The molecule has 4 nitrogen and oxygen atoms in total. The van der Waals surface area contributed by atoms with Crippen molar-refractivity contribution >= 4 is 23.4 Å². The van der Waals surface area contributed by atoms with E-state index in [0.29, 0.717) is 29.4 Å². The first-order chi connectivity index (χ1) is 11.2. The highest BCUT2D eigenvalue weighted by Gasteiger charge is 2.45. The van der Waals surface area contributed by atoms with E-state index in [1.165, 1.54) is 4.90 Å². The van der Waals surface area contributed by atoms with Crippen molar-refractivity contribution in [2.45, 2.75) is 12.0 Å². The van der Waals surface area contributed by atoms with Gasteiger partial charge in [0.1, 0.15) is 0 Å². The number of rotatable bonds is 2. The summed E-state index contributed by atoms with van der Waals surface area (Å²) in [5, 5.41) is 0.657. The van der Waals surface area contributed by atoms with Gasteiger partial charge in [-0.25, -0.2) is 0 Å². The predicted octanol–water partition coefficient (Wildman–Crippen LogP) is 3.12. The van der Waals surface area contributed by atoms with Crippen molar-refractivity contribution in [1.29, 1.82) is 0 Å². The van der Waals surface area contributed by atoms with Gasteiger partial charge in [-0.05, 0) is 29.8 Å². The van der Waals surface area contributed by atoms with Crippen LogP contribution in [0.3, 0.4) is 0 Å². The van der Waals surface area contributed by atoms with Crippen LogP contribution in [0.25, 0.3) is 0 Å². The molecule has 0 N–H and O–H groups in total. The van der Waals surface area contributed by atoms with E-state index >= 15 is 0 Å². The third-order valence-corrected chi connectivity index (χ3v) is 4.76. The van der Waals surface area contributed by atoms with Gasteiger partial charge in [-0.3, -0.25) is 14.5 Å². The molecule has 0 aromatic heterocycles. The van der Waals surface area contributed by atoms with Gasteiger partial charge in [0.25, 0.3) is 11.8 Å². The molecular formula is C18H14ClNO3. The Morgan fingerprint density at radius 2 is 1.52 bits per heavy atom. The number of nitrogens with zero attached hydrogens (tertiary/aromatic N) is 1. The molecule has 2 aliphatic heterocycles. The van der Waals surface area contributed by atoms with Crippen molar-refractivity contribution in [3.8, 4) is 0 Å². The molecule has 2 atom stereocenters. The van der Waals surface area contributed by atoms with Crippen molar-refractivity contribution in [3.63, 3.8) is 0 Å². The number of imide groups is 1. The number of benzene rings is 2. The van der Waals surface area contributed by atoms with Gasteiger partial charge in [0.05, 0.1) is 30.4 Å². The Morgan fingerprint density at radius 3 is 2.13 bits per heavy atom. The number of amides is 2. The summed E-state index contributed by atoms with van der Waals surface area (Å²) in [6.07, 6.45) is 0. The molecule has 0 radical (unpaired) electrons. The second kappa shape index (κ2) is 5.48. The van der Waals surface area contributed by atoms with Gasteiger partial charge >= 0.3 is 0 Å². The van der Waals surface area contributed by atoms with Crippen LogP contribution in [-0.2, 0) is 4.74 Å². The van der Waals surface area contributed by atoms with Crippen LogP contribution in [0.2, 0.25) is 5.02 Å². The molecule has 4 rings (SSSR count). The number of hydrogen-bond acceptors (Lipinski definition) is 3. The number of carbonyl (C=O) groups excluding carboxylic acids is 2. The van der Waals surface area contributed by atoms with Crippen LogP contribution in [0.15, 0.2) is 48.5 Å². The number of ether oxygens (including phenoxy) is 1. The molecule has 1 saturated heterocycles. The van der Waals surface area contributed by atoms with Crippen LogP contribution < -0.4 is 0 Å². The summed E-state index contributed by atoms with van der Waals surface area (Å²) < 4.78 is 5.58. The van der Waals surface area contributed by atoms with Gasteiger partial charge in [0.2, 0.25) is 0 Å². The Kier molecular flexibility index (Phi) is 3.43. The third kappa shape index (κ3) is 2.26. The molecular weight excluding hydrogens is 314 g/mol. The first-order valence-corrected chi connectivity index (χ1v) is 7.85. The molecule has 0 saturated carbocycles. The van der Waals surface area contributed by atoms with Crippen LogP contribution in [0, 0.1) is 0 Å². The van der Waals surface area contributed by atoms with Gasteiger partial charge in [-0.2, -0.15) is 0 Å². The minimum absolute atomic E-state index is 0.0329. The molecule has 116 valence electrons. The van der Waals surface area contributed by atoms with E-state index in [2.05, 4.69) is 0 Å². The highest BCUT2D eigenvalue weighted by molar-refractivity contribution is 6.30. The Hall–Kier alpha value is -2.17. The van der Waals surface area contributed by atoms with Crippen LogP contribution >= 0.6 is 11.6 Å². The third-order valence-electron chi connectivity index (χ3n) is 4.51. The summed E-state index contributed by atoms with van der Waals surface area (Å²) in [5.41, 5.74) is 1.96. The quantitative estimate of drug-likeness (QED) is 0.796. The predicted molar refractivity (Wildman–Crippen MR) is 85.7 cm³/mol. The Balaban J connectivity index is 1.69. The lowest BCUT2D eigenvalue weighted by molar-refractivity contribution is 0.0558. The summed E-state index contributed by atoms with van der Waals surface area (Å²) in [7, 11) is 0. The zero-order chi connectivity index (χ0) is 16.0. The summed E-state index contributed by atoms with van der Waals surface area (Å²) in [6, 6.07) is 14.1. The van der Waals surface area contributed by atoms with Gasteiger partial charge in [-0.1, -0.05) is 35.9 Å². The fraction of sp³-hybridized carbons (Fsp3) is 0.222. The minimum Gasteiger partial charge on any atom is -0.379 e. The Labute approximate surface area is 138 Å². The largest absolute Gasteiger partial charge is 0.379 e. The standard InChI is InChI=1S/C18H14ClNO3/c19-12-7-5-11(6-8-12)15-9-23-10-16(15)20-17(21)13-3-1-2-4-14(13)18(20)22/h1-8,15-16H,9-10H2/t15-,16-/m1/s1. The maximum absolute atomic E-state index is 12.7. The lowest BCUT2D eigenvalue weighted by atomic mass is 9.93. The molecule has 0 aliphatic carbocycles. The molecule has 5 heteroatoms. The van der Waals surface area contributed by atoms with E-state index in [4.69, 9.17) is 16.3 Å². The monoisotopic (exact) mass is 327 g/mol. The van der Waals surface area contributed by atoms with Crippen molar-refractivity contribution in [2.24, 2.45) is 0 Å². The number of fused-ring (bicyclic) bond motifs is 1. The van der Waals surface area contributed by atoms with E-state index in [1.807, 2.05) is 24.3 Å². The van der Waals surface area contributed by atoms with Crippen LogP contribution in [-0.4, -0.2) is 36.0 Å². The highest BCUT2D eigenvalue weighted by atomic mass is 35.5. The van der Waals surface area contributed by atoms with Crippen molar-refractivity contribution in [2.75, 3.05) is 13.2 Å². The second-order valence-corrected chi connectivity index (χ2v) is 6.23. The van der Waals surface area contributed by atoms with E-state index in [9.17, 15) is 9.59 Å². The lowest BCUT2D eigenvalue weighted by Crippen LogP contribution is -2.43. The zero-order valence-corrected chi connectivity index (χ0v) is 13.0. The molecule has 2 amide bonds. The SMILES string of the molecule is O=C1c2ccccc2C(=O)N1[C@@H]1COC[C@@H]1c1ccc(Cl)cc1. The van der Waals surface area contributed by atoms with Crippen LogP contribution in [0.5, 0.6) is 0 Å². The maximum atomic E-state index is 12.7. The van der Waals surface area contributed by atoms with Crippen molar-refractivity contribution in [1.82, 2.24) is 4.90 Å². The average molecular weight is 328 g/mol. The summed E-state index contributed by atoms with van der Waals surface area (Å²) in [4.78, 5) is 26.7. The fourth-order valence-electron chi connectivity index (χ4n) is 3.33. The van der Waals surface area contributed by atoms with Crippen molar-refractivity contribution in [3.05, 3.63) is 70.2 Å². The topological polar surface area (TPSA) is 46.6 Å². The highest BCUT2D eigenvalue weighted by Crippen LogP contribution is 2.35. The number of halogens is 1. The molecule has 0 spiro atoms. The molecule has 0 bridgehead atoms. The average Bonchev–Trinajstić information content (AvgIpc) is 3.13. The van der Waals surface area contributed by atoms with E-state index in [-0.39, 0.29) is 23.8 Å². The number of hydrogen-bond donors (Lipinski definition) is 0. The van der Waals surface area contributed by atoms with E-state index < -0.39 is 0 Å². The minimum atomic E-state index is -0.288. The van der Waals surface area contributed by atoms with Crippen molar-refractivity contribution < 1.29 is 14.3 Å². The second-order valence-electron chi connectivity index (χ2n) is 5.79. The maximum Gasteiger partial charge on any atom is 0.261 e. The molecule has 2 heterocycles. The molecule has 0 unspecified atom stereocenters. The molecule has 2 aromatic carbocycles. The van der Waals surface area contributed by atoms with Crippen LogP contribution in [0.1, 0.15) is 32.2 Å². The summed E-state index contributed by atoms with van der Waals surface area (Å²) in [5.74, 6) is -0.505. The van der Waals surface area contributed by atoms with Gasteiger partial charge in [0, 0.05) is 10.9 Å². The van der Waals surface area contributed by atoms with Gasteiger partial charge < -0.3 is 4.74 Å². The van der Waals surface area contributed by atoms with Gasteiger partial charge in [-0.15, -0.1) is 0 Å². The lowest BCUT2D eigenvalue weighted by Gasteiger charge is -2.26. The van der Waals surface area contributed by atoms with E-state index in [1.54, 1.807) is 24.3 Å². The first kappa shape index (κ1) is 14.4. The smallest absolute Gasteiger partial charge is 0.261 e. The molecule has 2 aromatic rings. The normalized spacial score (nSPS) is 23.4.